The molecular weight excluding hydrogens is 358 g/mol. The number of aromatic nitrogens is 4. The average Bonchev–Trinajstić information content (AvgIpc) is 3.22. The maximum atomic E-state index is 4.72. The van der Waals surface area contributed by atoms with Crippen molar-refractivity contribution in [2.45, 2.75) is 57.9 Å². The van der Waals surface area contributed by atoms with Gasteiger partial charge in [-0.3, -0.25) is 0 Å². The lowest BCUT2D eigenvalue weighted by molar-refractivity contribution is 0.449. The van der Waals surface area contributed by atoms with Gasteiger partial charge in [0.1, 0.15) is 17.5 Å². The van der Waals surface area contributed by atoms with E-state index in [2.05, 4.69) is 75.9 Å². The molecule has 1 aliphatic rings. The van der Waals surface area contributed by atoms with Gasteiger partial charge in [-0.25, -0.2) is 4.98 Å². The zero-order valence-corrected chi connectivity index (χ0v) is 17.5. The fraction of sp³-hybridized carbons (Fsp3) is 0.458. The molecule has 0 radical (unpaired) electrons. The Labute approximate surface area is 173 Å². The average molecular weight is 390 g/mol. The fourth-order valence-electron chi connectivity index (χ4n) is 4.33. The number of anilines is 1. The number of hydrogen-bond acceptors (Lipinski definition) is 4. The maximum absolute atomic E-state index is 4.72. The van der Waals surface area contributed by atoms with Crippen LogP contribution in [0.15, 0.2) is 54.7 Å². The molecule has 2 aromatic heterocycles. The lowest BCUT2D eigenvalue weighted by Gasteiger charge is -2.33. The molecule has 29 heavy (non-hydrogen) atoms. The summed E-state index contributed by atoms with van der Waals surface area (Å²) in [5, 5.41) is 9.36. The highest BCUT2D eigenvalue weighted by Crippen LogP contribution is 2.32. The fourth-order valence-corrected chi connectivity index (χ4v) is 4.33. The molecule has 0 bridgehead atoms. The van der Waals surface area contributed by atoms with Crippen LogP contribution in [0, 0.1) is 0 Å². The van der Waals surface area contributed by atoms with Crippen molar-refractivity contribution in [3.05, 3.63) is 71.9 Å². The van der Waals surface area contributed by atoms with Crippen molar-refractivity contribution in [2.75, 3.05) is 18.0 Å². The molecule has 0 spiro atoms. The van der Waals surface area contributed by atoms with E-state index in [9.17, 15) is 0 Å². The molecule has 3 heterocycles. The summed E-state index contributed by atoms with van der Waals surface area (Å²) in [6.45, 7) is 6.54. The molecule has 0 aliphatic carbocycles. The molecular formula is C24H31N5. The normalized spacial score (nSPS) is 16.1. The van der Waals surface area contributed by atoms with E-state index < -0.39 is 0 Å². The van der Waals surface area contributed by atoms with Gasteiger partial charge in [0.15, 0.2) is 0 Å². The van der Waals surface area contributed by atoms with Crippen molar-refractivity contribution in [2.24, 2.45) is 0 Å². The van der Waals surface area contributed by atoms with E-state index >= 15 is 0 Å². The van der Waals surface area contributed by atoms with E-state index in [1.807, 2.05) is 12.3 Å². The molecule has 0 unspecified atom stereocenters. The number of unbranched alkanes of at least 4 members (excludes halogenated alkanes) is 1. The summed E-state index contributed by atoms with van der Waals surface area (Å²) >= 11 is 0. The van der Waals surface area contributed by atoms with Crippen molar-refractivity contribution in [1.29, 1.82) is 0 Å². The molecule has 1 aliphatic heterocycles. The van der Waals surface area contributed by atoms with Crippen LogP contribution < -0.4 is 4.90 Å². The van der Waals surface area contributed by atoms with Crippen molar-refractivity contribution in [1.82, 2.24) is 19.7 Å². The number of hydrogen-bond donors (Lipinski definition) is 0. The molecule has 5 nitrogen and oxygen atoms in total. The van der Waals surface area contributed by atoms with Gasteiger partial charge < -0.3 is 9.47 Å². The van der Waals surface area contributed by atoms with E-state index in [1.165, 1.54) is 12.0 Å². The van der Waals surface area contributed by atoms with Gasteiger partial charge in [-0.2, -0.15) is 0 Å². The van der Waals surface area contributed by atoms with Gasteiger partial charge in [0.05, 0.1) is 6.04 Å². The van der Waals surface area contributed by atoms with Crippen molar-refractivity contribution in [3.8, 4) is 0 Å². The van der Waals surface area contributed by atoms with Crippen LogP contribution in [0.1, 0.15) is 68.7 Å². The molecule has 0 N–H and O–H groups in total. The summed E-state index contributed by atoms with van der Waals surface area (Å²) in [4.78, 5) is 6.90. The third-order valence-electron chi connectivity index (χ3n) is 6.05. The number of nitrogens with zero attached hydrogens (tertiary/aromatic N) is 5. The van der Waals surface area contributed by atoms with Crippen LogP contribution in [-0.4, -0.2) is 32.8 Å². The maximum Gasteiger partial charge on any atom is 0.136 e. The Balaban J connectivity index is 1.56. The Morgan fingerprint density at radius 1 is 1.00 bits per heavy atom. The number of piperidine rings is 1. The number of benzene rings is 1. The predicted molar refractivity (Wildman–Crippen MR) is 117 cm³/mol. The number of rotatable bonds is 7. The van der Waals surface area contributed by atoms with Crippen molar-refractivity contribution < 1.29 is 0 Å². The first-order valence-electron chi connectivity index (χ1n) is 10.9. The highest BCUT2D eigenvalue weighted by Gasteiger charge is 2.28. The van der Waals surface area contributed by atoms with Gasteiger partial charge in [-0.1, -0.05) is 49.7 Å². The highest BCUT2D eigenvalue weighted by atomic mass is 15.3. The quantitative estimate of drug-likeness (QED) is 0.570. The predicted octanol–water partition coefficient (Wildman–Crippen LogP) is 5.01. The molecule has 0 amide bonds. The monoisotopic (exact) mass is 389 g/mol. The first kappa shape index (κ1) is 19.6. The lowest BCUT2D eigenvalue weighted by Crippen LogP contribution is -2.34. The van der Waals surface area contributed by atoms with Crippen LogP contribution in [0.3, 0.4) is 0 Å². The summed E-state index contributed by atoms with van der Waals surface area (Å²) < 4.78 is 2.42. The van der Waals surface area contributed by atoms with Gasteiger partial charge in [-0.15, -0.1) is 10.2 Å². The number of pyridine rings is 1. The van der Waals surface area contributed by atoms with Crippen LogP contribution in [0.25, 0.3) is 0 Å². The smallest absolute Gasteiger partial charge is 0.136 e. The van der Waals surface area contributed by atoms with Gasteiger partial charge >= 0.3 is 0 Å². The van der Waals surface area contributed by atoms with Gasteiger partial charge in [0, 0.05) is 31.6 Å². The van der Waals surface area contributed by atoms with E-state index in [0.717, 1.165) is 56.2 Å². The van der Waals surface area contributed by atoms with Gasteiger partial charge in [0.25, 0.3) is 0 Å². The minimum atomic E-state index is 0.252. The Morgan fingerprint density at radius 2 is 1.76 bits per heavy atom. The molecule has 152 valence electrons. The van der Waals surface area contributed by atoms with Gasteiger partial charge in [-0.05, 0) is 43.9 Å². The third-order valence-corrected chi connectivity index (χ3v) is 6.05. The molecule has 1 aromatic carbocycles. The molecule has 1 saturated heterocycles. The van der Waals surface area contributed by atoms with Gasteiger partial charge in [0.2, 0.25) is 0 Å². The zero-order valence-electron chi connectivity index (χ0n) is 17.5. The summed E-state index contributed by atoms with van der Waals surface area (Å²) in [5.74, 6) is 3.82. The number of aryl methyl sites for hydroxylation is 1. The van der Waals surface area contributed by atoms with E-state index in [0.29, 0.717) is 5.92 Å². The minimum Gasteiger partial charge on any atom is -0.357 e. The summed E-state index contributed by atoms with van der Waals surface area (Å²) in [6.07, 6.45) is 7.36. The SMILES string of the molecule is CCCCc1nnc(C2CCN(c3ccccn3)CC2)n1[C@@H](C)c1ccccc1. The molecule has 1 atom stereocenters. The van der Waals surface area contributed by atoms with Crippen molar-refractivity contribution >= 4 is 5.82 Å². The standard InChI is InChI=1S/C24H31N5/c1-3-4-12-23-26-27-24(29(23)19(2)20-10-6-5-7-11-20)21-14-17-28(18-15-21)22-13-8-9-16-25-22/h5-11,13,16,19,21H,3-4,12,14-15,17-18H2,1-2H3/t19-/m0/s1. The van der Waals surface area contributed by atoms with Crippen LogP contribution in [0.4, 0.5) is 5.82 Å². The highest BCUT2D eigenvalue weighted by molar-refractivity contribution is 5.38. The molecule has 1 fully saturated rings. The van der Waals surface area contributed by atoms with Crippen LogP contribution in [-0.2, 0) is 6.42 Å². The molecule has 5 heteroatoms. The summed E-state index contributed by atoms with van der Waals surface area (Å²) in [6, 6.07) is 17.1. The zero-order chi connectivity index (χ0) is 20.1. The Bertz CT molecular complexity index is 882. The van der Waals surface area contributed by atoms with Crippen molar-refractivity contribution in [3.63, 3.8) is 0 Å². The van der Waals surface area contributed by atoms with Crippen LogP contribution >= 0.6 is 0 Å². The molecule has 3 aromatic rings. The second-order valence-corrected chi connectivity index (χ2v) is 7.98. The minimum absolute atomic E-state index is 0.252. The molecule has 4 rings (SSSR count). The van der Waals surface area contributed by atoms with E-state index in [4.69, 9.17) is 5.10 Å². The topological polar surface area (TPSA) is 46.8 Å². The lowest BCUT2D eigenvalue weighted by atomic mass is 9.95. The molecule has 0 saturated carbocycles. The largest absolute Gasteiger partial charge is 0.357 e. The second-order valence-electron chi connectivity index (χ2n) is 7.98. The van der Waals surface area contributed by atoms with E-state index in [1.54, 1.807) is 0 Å². The van der Waals surface area contributed by atoms with E-state index in [-0.39, 0.29) is 6.04 Å². The Hall–Kier alpha value is -2.69. The van der Waals surface area contributed by atoms with Crippen LogP contribution in [0.5, 0.6) is 0 Å². The second kappa shape index (κ2) is 9.21. The third kappa shape index (κ3) is 4.34. The summed E-state index contributed by atoms with van der Waals surface area (Å²) in [5.41, 5.74) is 1.32. The summed E-state index contributed by atoms with van der Waals surface area (Å²) in [7, 11) is 0. The first-order chi connectivity index (χ1) is 14.3. The van der Waals surface area contributed by atoms with Crippen LogP contribution in [0.2, 0.25) is 0 Å². The Kier molecular flexibility index (Phi) is 6.23. The Morgan fingerprint density at radius 3 is 2.45 bits per heavy atom. The first-order valence-corrected chi connectivity index (χ1v) is 10.9.